The van der Waals surface area contributed by atoms with Gasteiger partial charge in [-0.2, -0.15) is 13.2 Å². The van der Waals surface area contributed by atoms with Gasteiger partial charge in [0, 0.05) is 11.1 Å². The summed E-state index contributed by atoms with van der Waals surface area (Å²) in [7, 11) is 1.30. The molecule has 0 radical (unpaired) electrons. The maximum atomic E-state index is 12.8. The Labute approximate surface area is 170 Å². The van der Waals surface area contributed by atoms with Gasteiger partial charge in [0.05, 0.1) is 27.9 Å². The zero-order chi connectivity index (χ0) is 20.6. The van der Waals surface area contributed by atoms with Crippen molar-refractivity contribution in [1.29, 1.82) is 0 Å². The molecule has 28 heavy (non-hydrogen) atoms. The molecule has 1 unspecified atom stereocenters. The molecule has 2 heterocycles. The Morgan fingerprint density at radius 1 is 1.36 bits per heavy atom. The maximum absolute atomic E-state index is 12.8. The third-order valence-electron chi connectivity index (χ3n) is 3.76. The highest BCUT2D eigenvalue weighted by Crippen LogP contribution is 2.34. The van der Waals surface area contributed by atoms with Gasteiger partial charge in [-0.3, -0.25) is 9.59 Å². The Morgan fingerprint density at radius 3 is 2.68 bits per heavy atom. The van der Waals surface area contributed by atoms with Crippen molar-refractivity contribution in [2.24, 2.45) is 0 Å². The van der Waals surface area contributed by atoms with Crippen LogP contribution in [0, 0.1) is 0 Å². The van der Waals surface area contributed by atoms with E-state index in [0.29, 0.717) is 16.4 Å². The van der Waals surface area contributed by atoms with Gasteiger partial charge in [-0.05, 0) is 31.2 Å². The lowest BCUT2D eigenvalue weighted by Crippen LogP contribution is -2.14. The van der Waals surface area contributed by atoms with E-state index in [1.807, 2.05) is 0 Å². The van der Waals surface area contributed by atoms with Crippen LogP contribution in [0.4, 0.5) is 13.2 Å². The number of benzene rings is 1. The van der Waals surface area contributed by atoms with Crippen molar-refractivity contribution >= 4 is 50.9 Å². The second kappa shape index (κ2) is 7.76. The maximum Gasteiger partial charge on any atom is 0.417 e. The van der Waals surface area contributed by atoms with Gasteiger partial charge >= 0.3 is 17.0 Å². The first-order chi connectivity index (χ1) is 13.1. The summed E-state index contributed by atoms with van der Waals surface area (Å²) in [5.74, 6) is -0.453. The van der Waals surface area contributed by atoms with Crippen molar-refractivity contribution in [3.8, 4) is 5.82 Å². The number of hydrogen-bond acceptors (Lipinski definition) is 6. The van der Waals surface area contributed by atoms with E-state index in [-0.39, 0.29) is 16.8 Å². The molecule has 0 fully saturated rings. The standard InChI is InChI=1S/C17H12ClF3N2O3S2/c1-8(15(24)26-2)27-10-3-4-12-13(6-10)28-16(25)23(12)14-11(18)5-9(7-22-14)17(19,20)21/h3-8H,1-2H3. The lowest BCUT2D eigenvalue weighted by molar-refractivity contribution is -0.139. The second-order valence-electron chi connectivity index (χ2n) is 5.64. The summed E-state index contributed by atoms with van der Waals surface area (Å²) in [4.78, 5) is 28.1. The Hall–Kier alpha value is -2.04. The molecule has 3 rings (SSSR count). The summed E-state index contributed by atoms with van der Waals surface area (Å²) in [5.41, 5.74) is -0.538. The zero-order valence-corrected chi connectivity index (χ0v) is 16.8. The lowest BCUT2D eigenvalue weighted by atomic mass is 10.2. The fourth-order valence-electron chi connectivity index (χ4n) is 2.44. The van der Waals surface area contributed by atoms with Gasteiger partial charge in [0.15, 0.2) is 5.82 Å². The molecule has 148 valence electrons. The number of halogens is 4. The monoisotopic (exact) mass is 448 g/mol. The number of thioether (sulfide) groups is 1. The lowest BCUT2D eigenvalue weighted by Gasteiger charge is -2.10. The fraction of sp³-hybridized carbons (Fsp3) is 0.235. The molecule has 0 aliphatic rings. The number of ether oxygens (including phenoxy) is 1. The predicted octanol–water partition coefficient (Wildman–Crippen LogP) is 4.77. The van der Waals surface area contributed by atoms with Crippen molar-refractivity contribution in [3.63, 3.8) is 0 Å². The molecule has 1 aromatic carbocycles. The molecule has 1 atom stereocenters. The average molecular weight is 449 g/mol. The van der Waals surface area contributed by atoms with Crippen LogP contribution < -0.4 is 4.87 Å². The Bertz CT molecular complexity index is 1110. The van der Waals surface area contributed by atoms with E-state index < -0.39 is 21.9 Å². The Kier molecular flexibility index (Phi) is 5.74. The molecule has 0 N–H and O–H groups in total. The average Bonchev–Trinajstić information content (AvgIpc) is 2.95. The first kappa shape index (κ1) is 20.7. The van der Waals surface area contributed by atoms with Gasteiger partial charge in [0.25, 0.3) is 0 Å². The summed E-state index contributed by atoms with van der Waals surface area (Å²) < 4.78 is 44.9. The van der Waals surface area contributed by atoms with Crippen LogP contribution in [0.2, 0.25) is 5.02 Å². The summed E-state index contributed by atoms with van der Waals surface area (Å²) >= 11 is 8.15. The van der Waals surface area contributed by atoms with E-state index in [0.717, 1.165) is 22.3 Å². The SMILES string of the molecule is COC(=O)C(C)Sc1ccc2c(c1)sc(=O)n2-c1ncc(C(F)(F)F)cc1Cl. The Morgan fingerprint density at radius 2 is 2.07 bits per heavy atom. The highest BCUT2D eigenvalue weighted by Gasteiger charge is 2.32. The molecule has 0 amide bonds. The van der Waals surface area contributed by atoms with E-state index in [9.17, 15) is 22.8 Å². The van der Waals surface area contributed by atoms with Crippen LogP contribution in [0.3, 0.4) is 0 Å². The molecular formula is C17H12ClF3N2O3S2. The van der Waals surface area contributed by atoms with Gasteiger partial charge in [-0.1, -0.05) is 22.9 Å². The largest absolute Gasteiger partial charge is 0.468 e. The number of aromatic nitrogens is 2. The molecular weight excluding hydrogens is 437 g/mol. The van der Waals surface area contributed by atoms with Crippen LogP contribution in [-0.2, 0) is 15.7 Å². The number of hydrogen-bond donors (Lipinski definition) is 0. The number of esters is 1. The number of carbonyl (C=O) groups excluding carboxylic acids is 1. The molecule has 0 aliphatic carbocycles. The third kappa shape index (κ3) is 4.03. The molecule has 0 bridgehead atoms. The van der Waals surface area contributed by atoms with Crippen LogP contribution >= 0.6 is 34.7 Å². The fourth-order valence-corrected chi connectivity index (χ4v) is 4.61. The minimum absolute atomic E-state index is 0.0748. The molecule has 5 nitrogen and oxygen atoms in total. The van der Waals surface area contributed by atoms with Crippen molar-refractivity contribution in [2.75, 3.05) is 7.11 Å². The number of alkyl halides is 3. The number of carbonyl (C=O) groups is 1. The quantitative estimate of drug-likeness (QED) is 0.425. The third-order valence-corrected chi connectivity index (χ3v) is 6.01. The van der Waals surface area contributed by atoms with E-state index in [4.69, 9.17) is 11.6 Å². The predicted molar refractivity (Wildman–Crippen MR) is 103 cm³/mol. The number of thiazole rings is 1. The van der Waals surface area contributed by atoms with Crippen molar-refractivity contribution in [1.82, 2.24) is 9.55 Å². The van der Waals surface area contributed by atoms with Crippen molar-refractivity contribution in [2.45, 2.75) is 23.2 Å². The summed E-state index contributed by atoms with van der Waals surface area (Å²) in [6.45, 7) is 1.69. The summed E-state index contributed by atoms with van der Waals surface area (Å²) in [5, 5.41) is -0.721. The van der Waals surface area contributed by atoms with Crippen LogP contribution in [-0.4, -0.2) is 27.9 Å². The van der Waals surface area contributed by atoms with Crippen molar-refractivity contribution < 1.29 is 22.7 Å². The minimum atomic E-state index is -4.58. The molecule has 11 heteroatoms. The first-order valence-corrected chi connectivity index (χ1v) is 9.82. The van der Waals surface area contributed by atoms with Gasteiger partial charge in [0.2, 0.25) is 0 Å². The highest BCUT2D eigenvalue weighted by atomic mass is 35.5. The number of rotatable bonds is 4. The second-order valence-corrected chi connectivity index (χ2v) is 8.46. The van der Waals surface area contributed by atoms with Crippen LogP contribution in [0.25, 0.3) is 16.0 Å². The van der Waals surface area contributed by atoms with Crippen LogP contribution in [0.5, 0.6) is 0 Å². The first-order valence-electron chi connectivity index (χ1n) is 7.75. The Balaban J connectivity index is 2.03. The van der Waals surface area contributed by atoms with Gasteiger partial charge < -0.3 is 4.74 Å². The van der Waals surface area contributed by atoms with Crippen molar-refractivity contribution in [3.05, 3.63) is 50.7 Å². The number of pyridine rings is 1. The molecule has 0 saturated heterocycles. The number of nitrogens with zero attached hydrogens (tertiary/aromatic N) is 2. The molecule has 0 aliphatic heterocycles. The van der Waals surface area contributed by atoms with E-state index in [2.05, 4.69) is 9.72 Å². The molecule has 3 aromatic rings. The van der Waals surface area contributed by atoms with Crippen LogP contribution in [0.15, 0.2) is 40.2 Å². The summed E-state index contributed by atoms with van der Waals surface area (Å²) in [6.07, 6.45) is -3.95. The van der Waals surface area contributed by atoms with Gasteiger partial charge in [0.1, 0.15) is 5.25 Å². The number of fused-ring (bicyclic) bond motifs is 1. The van der Waals surface area contributed by atoms with Gasteiger partial charge in [-0.25, -0.2) is 9.55 Å². The molecule has 0 saturated carbocycles. The smallest absolute Gasteiger partial charge is 0.417 e. The minimum Gasteiger partial charge on any atom is -0.468 e. The number of methoxy groups -OCH3 is 1. The topological polar surface area (TPSA) is 61.2 Å². The normalized spacial score (nSPS) is 12.9. The molecule has 2 aromatic heterocycles. The highest BCUT2D eigenvalue weighted by molar-refractivity contribution is 8.00. The van der Waals surface area contributed by atoms with Gasteiger partial charge in [-0.15, -0.1) is 11.8 Å². The summed E-state index contributed by atoms with van der Waals surface area (Å²) in [6, 6.07) is 5.80. The molecule has 0 spiro atoms. The van der Waals surface area contributed by atoms with E-state index >= 15 is 0 Å². The van der Waals surface area contributed by atoms with E-state index in [1.165, 1.54) is 23.4 Å². The van der Waals surface area contributed by atoms with E-state index in [1.54, 1.807) is 25.1 Å². The zero-order valence-electron chi connectivity index (χ0n) is 14.4. The van der Waals surface area contributed by atoms with Crippen LogP contribution in [0.1, 0.15) is 12.5 Å².